The van der Waals surface area contributed by atoms with Crippen LogP contribution in [-0.4, -0.2) is 70.0 Å². The van der Waals surface area contributed by atoms with Gasteiger partial charge >= 0.3 is 12.0 Å². The van der Waals surface area contributed by atoms with Gasteiger partial charge in [0.2, 0.25) is 5.95 Å². The first-order chi connectivity index (χ1) is 18.2. The van der Waals surface area contributed by atoms with Crippen LogP contribution in [0.4, 0.5) is 15.9 Å². The summed E-state index contributed by atoms with van der Waals surface area (Å²) in [7, 11) is 0. The summed E-state index contributed by atoms with van der Waals surface area (Å²) >= 11 is 1.30. The van der Waals surface area contributed by atoms with Crippen LogP contribution in [-0.2, 0) is 9.63 Å². The summed E-state index contributed by atoms with van der Waals surface area (Å²) < 4.78 is 0.790. The molecule has 0 bridgehead atoms. The summed E-state index contributed by atoms with van der Waals surface area (Å²) in [4.78, 5) is 44.5. The average molecular weight is 542 g/mol. The second-order valence-electron chi connectivity index (χ2n) is 9.15. The van der Waals surface area contributed by atoms with Crippen molar-refractivity contribution in [2.75, 3.05) is 43.1 Å². The lowest BCUT2D eigenvalue weighted by Crippen LogP contribution is -2.43. The number of amides is 2. The van der Waals surface area contributed by atoms with E-state index in [1.165, 1.54) is 11.3 Å². The number of nitrogens with zero attached hydrogens (tertiary/aromatic N) is 4. The van der Waals surface area contributed by atoms with Crippen LogP contribution in [0.2, 0.25) is 0 Å². The number of carbonyl (C=O) groups excluding carboxylic acids is 1. The van der Waals surface area contributed by atoms with E-state index >= 15 is 0 Å². The highest BCUT2D eigenvalue weighted by Crippen LogP contribution is 2.36. The molecule has 1 saturated heterocycles. The van der Waals surface area contributed by atoms with Gasteiger partial charge in [-0.2, -0.15) is 0 Å². The van der Waals surface area contributed by atoms with E-state index in [4.69, 9.17) is 9.94 Å². The van der Waals surface area contributed by atoms with Gasteiger partial charge in [0.05, 0.1) is 34.5 Å². The second kappa shape index (κ2) is 11.7. The minimum absolute atomic E-state index is 0.0892. The standard InChI is InChI=1S/C25H31N7O5S/c1-4-26-23(36)30-24-29-19-12-16(11-18(20(19)38-24)15(2)31-37-10-9-33)17-13-27-22(28-14-17)32-7-5-25(3,6-8-32)21(34)35/h11-14,31,33H,2,4-10H2,1,3H3,(H,34,35)(H2,26,29,30,36). The molecule has 3 aromatic rings. The van der Waals surface area contributed by atoms with Gasteiger partial charge in [0.25, 0.3) is 0 Å². The highest BCUT2D eigenvalue weighted by molar-refractivity contribution is 7.22. The van der Waals surface area contributed by atoms with Gasteiger partial charge in [-0.15, -0.1) is 0 Å². The number of carboxylic acids is 1. The van der Waals surface area contributed by atoms with Crippen molar-refractivity contribution >= 4 is 50.3 Å². The zero-order valence-corrected chi connectivity index (χ0v) is 22.1. The van der Waals surface area contributed by atoms with Gasteiger partial charge < -0.3 is 20.4 Å². The number of aromatic nitrogens is 3. The molecule has 12 nitrogen and oxygen atoms in total. The van der Waals surface area contributed by atoms with E-state index in [-0.39, 0.29) is 19.2 Å². The molecule has 13 heteroatoms. The summed E-state index contributed by atoms with van der Waals surface area (Å²) in [5, 5.41) is 24.3. The van der Waals surface area contributed by atoms with Crippen LogP contribution in [0, 0.1) is 5.41 Å². The number of nitrogens with one attached hydrogen (secondary N) is 3. The molecular weight excluding hydrogens is 510 g/mol. The predicted octanol–water partition coefficient (Wildman–Crippen LogP) is 3.07. The first kappa shape index (κ1) is 27.2. The highest BCUT2D eigenvalue weighted by atomic mass is 32.1. The Morgan fingerprint density at radius 2 is 1.92 bits per heavy atom. The lowest BCUT2D eigenvalue weighted by Gasteiger charge is -2.36. The summed E-state index contributed by atoms with van der Waals surface area (Å²) in [5.74, 6) is -0.225. The number of hydrogen-bond donors (Lipinski definition) is 5. The Morgan fingerprint density at radius 3 is 2.55 bits per heavy atom. The molecule has 0 spiro atoms. The number of piperidine rings is 1. The molecule has 0 radical (unpaired) electrons. The number of hydroxylamine groups is 1. The number of fused-ring (bicyclic) bond motifs is 1. The average Bonchev–Trinajstić information content (AvgIpc) is 3.31. The Bertz CT molecular complexity index is 1320. The molecule has 4 rings (SSSR count). The molecule has 1 aromatic carbocycles. The van der Waals surface area contributed by atoms with Gasteiger partial charge in [0, 0.05) is 43.2 Å². The molecule has 0 unspecified atom stereocenters. The third-order valence-corrected chi connectivity index (χ3v) is 7.42. The number of urea groups is 1. The predicted molar refractivity (Wildman–Crippen MR) is 146 cm³/mol. The SMILES string of the molecule is C=C(NOCCO)c1cc(-c2cnc(N3CCC(C)(C(=O)O)CC3)nc2)cc2nc(NC(=O)NCC)sc12. The number of aliphatic carboxylic acids is 1. The van der Waals surface area contributed by atoms with Crippen LogP contribution in [0.25, 0.3) is 27.0 Å². The van der Waals surface area contributed by atoms with Gasteiger partial charge in [0.15, 0.2) is 5.13 Å². The third kappa shape index (κ3) is 6.01. The molecule has 3 heterocycles. The van der Waals surface area contributed by atoms with Crippen molar-refractivity contribution in [2.45, 2.75) is 26.7 Å². The maximum atomic E-state index is 12.0. The first-order valence-electron chi connectivity index (χ1n) is 12.2. The van der Waals surface area contributed by atoms with E-state index in [2.05, 4.69) is 37.6 Å². The molecule has 38 heavy (non-hydrogen) atoms. The normalized spacial score (nSPS) is 14.8. The highest BCUT2D eigenvalue weighted by Gasteiger charge is 2.37. The smallest absolute Gasteiger partial charge is 0.321 e. The lowest BCUT2D eigenvalue weighted by molar-refractivity contribution is -0.149. The Labute approximate surface area is 223 Å². The monoisotopic (exact) mass is 541 g/mol. The van der Waals surface area contributed by atoms with Gasteiger partial charge in [-0.3, -0.25) is 20.4 Å². The van der Waals surface area contributed by atoms with Gasteiger partial charge in [-0.25, -0.2) is 19.7 Å². The molecule has 1 aliphatic heterocycles. The zero-order chi connectivity index (χ0) is 27.3. The van der Waals surface area contributed by atoms with E-state index in [1.54, 1.807) is 19.3 Å². The Morgan fingerprint density at radius 1 is 1.21 bits per heavy atom. The van der Waals surface area contributed by atoms with Gasteiger partial charge in [-0.1, -0.05) is 17.9 Å². The fourth-order valence-electron chi connectivity index (χ4n) is 4.07. The van der Waals surface area contributed by atoms with Crippen molar-refractivity contribution < 1.29 is 24.6 Å². The number of aliphatic hydroxyl groups is 1. The van der Waals surface area contributed by atoms with Crippen LogP contribution in [0.1, 0.15) is 32.3 Å². The number of anilines is 2. The molecule has 0 atom stereocenters. The van der Waals surface area contributed by atoms with Crippen molar-refractivity contribution in [3.63, 3.8) is 0 Å². The van der Waals surface area contributed by atoms with Crippen LogP contribution in [0.3, 0.4) is 0 Å². The third-order valence-electron chi connectivity index (χ3n) is 6.40. The molecule has 1 fully saturated rings. The van der Waals surface area contributed by atoms with Gasteiger partial charge in [-0.05, 0) is 44.4 Å². The number of thiazole rings is 1. The molecule has 5 N–H and O–H groups in total. The van der Waals surface area contributed by atoms with E-state index in [1.807, 2.05) is 24.0 Å². The van der Waals surface area contributed by atoms with Crippen molar-refractivity contribution in [1.82, 2.24) is 25.7 Å². The molecule has 1 aliphatic rings. The maximum Gasteiger partial charge on any atom is 0.321 e. The number of carboxylic acid groups (broad SMARTS) is 1. The van der Waals surface area contributed by atoms with Crippen LogP contribution < -0.4 is 21.0 Å². The fraction of sp³-hybridized carbons (Fsp3) is 0.400. The number of aliphatic hydroxyl groups excluding tert-OH is 1. The van der Waals surface area contributed by atoms with Crippen LogP contribution >= 0.6 is 11.3 Å². The van der Waals surface area contributed by atoms with E-state index < -0.39 is 11.4 Å². The zero-order valence-electron chi connectivity index (χ0n) is 21.3. The van der Waals surface area contributed by atoms with Crippen molar-refractivity contribution in [3.8, 4) is 11.1 Å². The van der Waals surface area contributed by atoms with E-state index in [9.17, 15) is 14.7 Å². The van der Waals surface area contributed by atoms with Crippen molar-refractivity contribution in [3.05, 3.63) is 36.7 Å². The van der Waals surface area contributed by atoms with E-state index in [0.717, 1.165) is 15.8 Å². The second-order valence-corrected chi connectivity index (χ2v) is 10.2. The topological polar surface area (TPSA) is 162 Å². The number of rotatable bonds is 10. The summed E-state index contributed by atoms with van der Waals surface area (Å²) in [6, 6.07) is 3.45. The van der Waals surface area contributed by atoms with E-state index in [0.29, 0.717) is 60.3 Å². The van der Waals surface area contributed by atoms with Gasteiger partial charge in [0.1, 0.15) is 0 Å². The lowest BCUT2D eigenvalue weighted by atomic mass is 9.80. The fourth-order valence-corrected chi connectivity index (χ4v) is 5.05. The molecular formula is C25H31N7O5S. The largest absolute Gasteiger partial charge is 0.481 e. The molecule has 2 amide bonds. The maximum absolute atomic E-state index is 12.0. The Hall–Kier alpha value is -3.81. The first-order valence-corrected chi connectivity index (χ1v) is 13.0. The van der Waals surface area contributed by atoms with Crippen LogP contribution in [0.5, 0.6) is 0 Å². The number of benzene rings is 1. The Kier molecular flexibility index (Phi) is 8.39. The minimum Gasteiger partial charge on any atom is -0.481 e. The van der Waals surface area contributed by atoms with Crippen molar-refractivity contribution in [1.29, 1.82) is 0 Å². The quantitative estimate of drug-likeness (QED) is 0.190. The van der Waals surface area contributed by atoms with Crippen LogP contribution in [0.15, 0.2) is 31.1 Å². The van der Waals surface area contributed by atoms with Crippen molar-refractivity contribution in [2.24, 2.45) is 5.41 Å². The summed E-state index contributed by atoms with van der Waals surface area (Å²) in [6.45, 7) is 9.23. The minimum atomic E-state index is -0.774. The molecule has 0 aliphatic carbocycles. The molecule has 0 saturated carbocycles. The number of carbonyl (C=O) groups is 2. The Balaban J connectivity index is 1.61. The summed E-state index contributed by atoms with van der Waals surface area (Å²) in [5.41, 5.74) is 5.39. The molecule has 2 aromatic heterocycles. The number of hydrogen-bond acceptors (Lipinski definition) is 10. The summed E-state index contributed by atoms with van der Waals surface area (Å²) in [6.07, 6.45) is 4.49. The molecule has 202 valence electrons.